The predicted octanol–water partition coefficient (Wildman–Crippen LogP) is 2.60. The van der Waals surface area contributed by atoms with Gasteiger partial charge in [-0.05, 0) is 37.1 Å². The highest BCUT2D eigenvalue weighted by atomic mass is 35.5. The molecule has 0 aromatic heterocycles. The maximum absolute atomic E-state index is 14.0. The fraction of sp³-hybridized carbons (Fsp3) is 0.429. The second kappa shape index (κ2) is 5.05. The van der Waals surface area contributed by atoms with Gasteiger partial charge in [0.2, 0.25) is 5.67 Å². The van der Waals surface area contributed by atoms with E-state index >= 15 is 0 Å². The molecular weight excluding hydrogens is 285 g/mol. The van der Waals surface area contributed by atoms with E-state index in [0.717, 1.165) is 11.1 Å². The maximum Gasteiger partial charge on any atom is 0.343 e. The second-order valence-corrected chi connectivity index (χ2v) is 5.57. The number of carbonyl (C=O) groups is 2. The average Bonchev–Trinajstić information content (AvgIpc) is 2.77. The minimum Gasteiger partial charge on any atom is -0.479 e. The molecule has 0 radical (unpaired) electrons. The number of halogens is 2. The van der Waals surface area contributed by atoms with Crippen LogP contribution in [0.4, 0.5) is 4.39 Å². The SMILES string of the molecule is Cc1cc(Cl)c(C(=O)N2CCC(F)(C(=O)O)C2)cc1C. The highest BCUT2D eigenvalue weighted by Crippen LogP contribution is 2.29. The summed E-state index contributed by atoms with van der Waals surface area (Å²) >= 11 is 6.05. The summed E-state index contributed by atoms with van der Waals surface area (Å²) in [5, 5.41) is 9.13. The Hall–Kier alpha value is -1.62. The van der Waals surface area contributed by atoms with Crippen LogP contribution in [-0.4, -0.2) is 40.6 Å². The number of carbonyl (C=O) groups excluding carboxylic acids is 1. The van der Waals surface area contributed by atoms with Crippen molar-refractivity contribution < 1.29 is 19.1 Å². The number of aryl methyl sites for hydroxylation is 2. The van der Waals surface area contributed by atoms with E-state index in [1.54, 1.807) is 12.1 Å². The van der Waals surface area contributed by atoms with Crippen molar-refractivity contribution in [2.75, 3.05) is 13.1 Å². The maximum atomic E-state index is 14.0. The minimum atomic E-state index is -2.36. The molecule has 4 nitrogen and oxygen atoms in total. The van der Waals surface area contributed by atoms with E-state index in [0.29, 0.717) is 5.02 Å². The molecule has 2 rings (SSSR count). The van der Waals surface area contributed by atoms with Crippen molar-refractivity contribution in [1.29, 1.82) is 0 Å². The van der Waals surface area contributed by atoms with Crippen LogP contribution in [0.2, 0.25) is 5.02 Å². The average molecular weight is 300 g/mol. The molecule has 1 aromatic carbocycles. The summed E-state index contributed by atoms with van der Waals surface area (Å²) in [4.78, 5) is 24.4. The number of carboxylic acid groups (broad SMARTS) is 1. The lowest BCUT2D eigenvalue weighted by Crippen LogP contribution is -2.39. The molecular formula is C14H15ClFNO3. The number of nitrogens with zero attached hydrogens (tertiary/aromatic N) is 1. The number of aliphatic carboxylic acids is 1. The van der Waals surface area contributed by atoms with E-state index in [-0.39, 0.29) is 18.5 Å². The van der Waals surface area contributed by atoms with E-state index < -0.39 is 24.1 Å². The number of alkyl halides is 1. The quantitative estimate of drug-likeness (QED) is 0.913. The van der Waals surface area contributed by atoms with Crippen molar-refractivity contribution in [3.8, 4) is 0 Å². The van der Waals surface area contributed by atoms with Gasteiger partial charge in [0.05, 0.1) is 17.1 Å². The van der Waals surface area contributed by atoms with Crippen molar-refractivity contribution in [1.82, 2.24) is 4.90 Å². The standard InChI is InChI=1S/C14H15ClFNO3/c1-8-5-10(11(15)6-9(8)2)12(18)17-4-3-14(16,7-17)13(19)20/h5-6H,3-4,7H2,1-2H3,(H,19,20). The van der Waals surface area contributed by atoms with Gasteiger partial charge in [-0.25, -0.2) is 9.18 Å². The van der Waals surface area contributed by atoms with Crippen LogP contribution in [0.3, 0.4) is 0 Å². The summed E-state index contributed by atoms with van der Waals surface area (Å²) in [5.41, 5.74) is -0.216. The van der Waals surface area contributed by atoms with Crippen molar-refractivity contribution in [2.45, 2.75) is 25.9 Å². The molecule has 1 aromatic rings. The topological polar surface area (TPSA) is 57.6 Å². The Morgan fingerprint density at radius 3 is 2.50 bits per heavy atom. The van der Waals surface area contributed by atoms with E-state index in [2.05, 4.69) is 0 Å². The number of hydrogen-bond donors (Lipinski definition) is 1. The van der Waals surface area contributed by atoms with Crippen LogP contribution in [0.5, 0.6) is 0 Å². The number of likely N-dealkylation sites (tertiary alicyclic amines) is 1. The van der Waals surface area contributed by atoms with Gasteiger partial charge in [-0.1, -0.05) is 11.6 Å². The summed E-state index contributed by atoms with van der Waals surface area (Å²) in [6, 6.07) is 3.33. The molecule has 1 amide bonds. The molecule has 0 aliphatic carbocycles. The number of amides is 1. The first-order valence-electron chi connectivity index (χ1n) is 6.23. The Morgan fingerprint density at radius 2 is 1.95 bits per heavy atom. The van der Waals surface area contributed by atoms with Gasteiger partial charge >= 0.3 is 5.97 Å². The van der Waals surface area contributed by atoms with Crippen molar-refractivity contribution in [2.24, 2.45) is 0 Å². The fourth-order valence-corrected chi connectivity index (χ4v) is 2.53. The number of carboxylic acids is 1. The fourth-order valence-electron chi connectivity index (χ4n) is 2.24. The number of rotatable bonds is 2. The molecule has 20 heavy (non-hydrogen) atoms. The summed E-state index contributed by atoms with van der Waals surface area (Å²) in [7, 11) is 0. The minimum absolute atomic E-state index is 0.0743. The van der Waals surface area contributed by atoms with Gasteiger partial charge in [-0.2, -0.15) is 0 Å². The van der Waals surface area contributed by atoms with Crippen molar-refractivity contribution in [3.05, 3.63) is 33.8 Å². The van der Waals surface area contributed by atoms with Gasteiger partial charge in [-0.15, -0.1) is 0 Å². The molecule has 1 aliphatic rings. The second-order valence-electron chi connectivity index (χ2n) is 5.16. The van der Waals surface area contributed by atoms with Crippen LogP contribution in [-0.2, 0) is 4.79 Å². The lowest BCUT2D eigenvalue weighted by molar-refractivity contribution is -0.149. The van der Waals surface area contributed by atoms with Gasteiger partial charge in [0.1, 0.15) is 0 Å². The normalized spacial score (nSPS) is 22.1. The largest absolute Gasteiger partial charge is 0.479 e. The Balaban J connectivity index is 2.26. The van der Waals surface area contributed by atoms with E-state index in [4.69, 9.17) is 16.7 Å². The third-order valence-electron chi connectivity index (χ3n) is 3.70. The van der Waals surface area contributed by atoms with E-state index in [9.17, 15) is 14.0 Å². The van der Waals surface area contributed by atoms with Gasteiger partial charge in [0, 0.05) is 13.0 Å². The zero-order chi connectivity index (χ0) is 15.1. The zero-order valence-corrected chi connectivity index (χ0v) is 12.0. The molecule has 0 saturated carbocycles. The van der Waals surface area contributed by atoms with Gasteiger partial charge in [0.25, 0.3) is 5.91 Å². The third kappa shape index (κ3) is 2.50. The first kappa shape index (κ1) is 14.8. The van der Waals surface area contributed by atoms with E-state index in [1.165, 1.54) is 4.90 Å². The molecule has 0 bridgehead atoms. The summed E-state index contributed by atoms with van der Waals surface area (Å²) < 4.78 is 14.0. The molecule has 1 atom stereocenters. The molecule has 0 spiro atoms. The molecule has 1 fully saturated rings. The first-order chi connectivity index (χ1) is 9.24. The third-order valence-corrected chi connectivity index (χ3v) is 4.02. The highest BCUT2D eigenvalue weighted by Gasteiger charge is 2.47. The first-order valence-corrected chi connectivity index (χ1v) is 6.61. The summed E-state index contributed by atoms with van der Waals surface area (Å²) in [6.45, 7) is 3.36. The molecule has 1 heterocycles. The smallest absolute Gasteiger partial charge is 0.343 e. The molecule has 6 heteroatoms. The van der Waals surface area contributed by atoms with E-state index in [1.807, 2.05) is 13.8 Å². The van der Waals surface area contributed by atoms with Crippen molar-refractivity contribution in [3.63, 3.8) is 0 Å². The lowest BCUT2D eigenvalue weighted by Gasteiger charge is -2.19. The molecule has 1 aliphatic heterocycles. The zero-order valence-electron chi connectivity index (χ0n) is 11.2. The number of benzene rings is 1. The van der Waals surface area contributed by atoms with Crippen LogP contribution in [0.15, 0.2) is 12.1 Å². The molecule has 1 N–H and O–H groups in total. The molecule has 1 unspecified atom stereocenters. The predicted molar refractivity (Wildman–Crippen MR) is 72.9 cm³/mol. The Kier molecular flexibility index (Phi) is 3.73. The Labute approximate surface area is 121 Å². The number of hydrogen-bond acceptors (Lipinski definition) is 2. The molecule has 1 saturated heterocycles. The van der Waals surface area contributed by atoms with Crippen LogP contribution >= 0.6 is 11.6 Å². The lowest BCUT2D eigenvalue weighted by atomic mass is 10.1. The monoisotopic (exact) mass is 299 g/mol. The van der Waals surface area contributed by atoms with Gasteiger partial charge in [-0.3, -0.25) is 4.79 Å². The van der Waals surface area contributed by atoms with Crippen LogP contribution < -0.4 is 0 Å². The van der Waals surface area contributed by atoms with Crippen LogP contribution in [0, 0.1) is 13.8 Å². The van der Waals surface area contributed by atoms with Gasteiger partial charge in [0.15, 0.2) is 0 Å². The van der Waals surface area contributed by atoms with Crippen LogP contribution in [0.1, 0.15) is 27.9 Å². The van der Waals surface area contributed by atoms with Gasteiger partial charge < -0.3 is 10.0 Å². The Morgan fingerprint density at radius 1 is 1.35 bits per heavy atom. The molecule has 108 valence electrons. The Bertz CT molecular complexity index is 590. The van der Waals surface area contributed by atoms with Crippen molar-refractivity contribution >= 4 is 23.5 Å². The summed E-state index contributed by atoms with van der Waals surface area (Å²) in [6.07, 6.45) is -0.198. The highest BCUT2D eigenvalue weighted by molar-refractivity contribution is 6.34. The van der Waals surface area contributed by atoms with Crippen LogP contribution in [0.25, 0.3) is 0 Å². The summed E-state index contributed by atoms with van der Waals surface area (Å²) in [5.74, 6) is -1.96.